The number of aliphatic hydroxyl groups excluding tert-OH is 1. The lowest BCUT2D eigenvalue weighted by Gasteiger charge is -2.09. The van der Waals surface area contributed by atoms with Crippen LogP contribution in [0.1, 0.15) is 35.7 Å². The Bertz CT molecular complexity index is 404. The standard InChI is InChI=1S/C14H19BrO3/c1-10(9-16)4-3-5-11-6-7-12(8-13(11)15)14(17)18-2/h6-8,10,16H,3-5,9H2,1-2H3/t10-/m0/s1. The highest BCUT2D eigenvalue weighted by atomic mass is 79.9. The fourth-order valence-corrected chi connectivity index (χ4v) is 2.30. The van der Waals surface area contributed by atoms with E-state index in [0.29, 0.717) is 11.5 Å². The zero-order valence-corrected chi connectivity index (χ0v) is 12.4. The van der Waals surface area contributed by atoms with Gasteiger partial charge in [0.2, 0.25) is 0 Å². The van der Waals surface area contributed by atoms with Gasteiger partial charge in [-0.3, -0.25) is 0 Å². The number of aryl methyl sites for hydroxylation is 1. The molecule has 100 valence electrons. The van der Waals surface area contributed by atoms with Crippen molar-refractivity contribution in [1.82, 2.24) is 0 Å². The van der Waals surface area contributed by atoms with Crippen LogP contribution in [0.2, 0.25) is 0 Å². The summed E-state index contributed by atoms with van der Waals surface area (Å²) in [5.74, 6) is 0.0225. The molecule has 0 fully saturated rings. The molecule has 0 saturated carbocycles. The van der Waals surface area contributed by atoms with Crippen LogP contribution in [-0.4, -0.2) is 24.8 Å². The molecule has 0 aliphatic carbocycles. The van der Waals surface area contributed by atoms with Gasteiger partial charge in [0.05, 0.1) is 12.7 Å². The van der Waals surface area contributed by atoms with Gasteiger partial charge in [0.15, 0.2) is 0 Å². The highest BCUT2D eigenvalue weighted by molar-refractivity contribution is 9.10. The van der Waals surface area contributed by atoms with E-state index >= 15 is 0 Å². The molecule has 0 amide bonds. The van der Waals surface area contributed by atoms with Crippen LogP contribution in [0.4, 0.5) is 0 Å². The SMILES string of the molecule is COC(=O)c1ccc(CCC[C@H](C)CO)c(Br)c1. The number of hydrogen-bond acceptors (Lipinski definition) is 3. The summed E-state index contributed by atoms with van der Waals surface area (Å²) in [4.78, 5) is 11.3. The van der Waals surface area contributed by atoms with Crippen molar-refractivity contribution < 1.29 is 14.6 Å². The van der Waals surface area contributed by atoms with Crippen LogP contribution in [-0.2, 0) is 11.2 Å². The summed E-state index contributed by atoms with van der Waals surface area (Å²) in [6.45, 7) is 2.28. The molecule has 0 aliphatic heterocycles. The van der Waals surface area contributed by atoms with E-state index < -0.39 is 0 Å². The zero-order chi connectivity index (χ0) is 13.5. The Morgan fingerprint density at radius 1 is 1.50 bits per heavy atom. The third-order valence-electron chi connectivity index (χ3n) is 2.93. The van der Waals surface area contributed by atoms with Gasteiger partial charge >= 0.3 is 5.97 Å². The third kappa shape index (κ3) is 4.42. The molecule has 0 heterocycles. The number of carbonyl (C=O) groups excluding carboxylic acids is 1. The molecule has 1 aromatic rings. The summed E-state index contributed by atoms with van der Waals surface area (Å²) in [5.41, 5.74) is 1.73. The molecule has 1 rings (SSSR count). The normalized spacial score (nSPS) is 12.2. The van der Waals surface area contributed by atoms with Crippen molar-refractivity contribution in [2.75, 3.05) is 13.7 Å². The molecular formula is C14H19BrO3. The first kappa shape index (κ1) is 15.2. The van der Waals surface area contributed by atoms with E-state index in [9.17, 15) is 4.79 Å². The van der Waals surface area contributed by atoms with E-state index in [1.807, 2.05) is 13.0 Å². The molecule has 0 saturated heterocycles. The Morgan fingerprint density at radius 3 is 2.78 bits per heavy atom. The Hall–Kier alpha value is -0.870. The molecule has 1 atom stereocenters. The van der Waals surface area contributed by atoms with Gasteiger partial charge in [-0.1, -0.05) is 28.9 Å². The van der Waals surface area contributed by atoms with Gasteiger partial charge in [-0.15, -0.1) is 0 Å². The topological polar surface area (TPSA) is 46.5 Å². The van der Waals surface area contributed by atoms with Gasteiger partial charge in [0, 0.05) is 11.1 Å². The van der Waals surface area contributed by atoms with E-state index in [4.69, 9.17) is 5.11 Å². The molecule has 0 radical (unpaired) electrons. The molecular weight excluding hydrogens is 296 g/mol. The summed E-state index contributed by atoms with van der Waals surface area (Å²) < 4.78 is 5.60. The van der Waals surface area contributed by atoms with Crippen molar-refractivity contribution in [1.29, 1.82) is 0 Å². The monoisotopic (exact) mass is 314 g/mol. The molecule has 0 aromatic heterocycles. The molecule has 1 N–H and O–H groups in total. The lowest BCUT2D eigenvalue weighted by molar-refractivity contribution is 0.0600. The van der Waals surface area contributed by atoms with Crippen LogP contribution in [0, 0.1) is 5.92 Å². The smallest absolute Gasteiger partial charge is 0.337 e. The average molecular weight is 315 g/mol. The lowest BCUT2D eigenvalue weighted by Crippen LogP contribution is -2.03. The van der Waals surface area contributed by atoms with Crippen LogP contribution in [0.5, 0.6) is 0 Å². The van der Waals surface area contributed by atoms with E-state index in [1.165, 1.54) is 12.7 Å². The quantitative estimate of drug-likeness (QED) is 0.820. The predicted molar refractivity (Wildman–Crippen MR) is 74.7 cm³/mol. The van der Waals surface area contributed by atoms with Crippen molar-refractivity contribution in [3.63, 3.8) is 0 Å². The number of esters is 1. The number of carbonyl (C=O) groups is 1. The van der Waals surface area contributed by atoms with Gasteiger partial charge in [0.1, 0.15) is 0 Å². The van der Waals surface area contributed by atoms with Crippen LogP contribution >= 0.6 is 15.9 Å². The number of hydrogen-bond donors (Lipinski definition) is 1. The first-order chi connectivity index (χ1) is 8.58. The molecule has 0 unspecified atom stereocenters. The number of benzene rings is 1. The van der Waals surface area contributed by atoms with Crippen molar-refractivity contribution >= 4 is 21.9 Å². The van der Waals surface area contributed by atoms with E-state index in [-0.39, 0.29) is 12.6 Å². The van der Waals surface area contributed by atoms with E-state index in [0.717, 1.165) is 23.7 Å². The van der Waals surface area contributed by atoms with Crippen molar-refractivity contribution in [2.45, 2.75) is 26.2 Å². The first-order valence-corrected chi connectivity index (χ1v) is 6.85. The summed E-state index contributed by atoms with van der Waals surface area (Å²) in [7, 11) is 1.38. The van der Waals surface area contributed by atoms with Gasteiger partial charge in [0.25, 0.3) is 0 Å². The summed E-state index contributed by atoms with van der Waals surface area (Å²) in [6, 6.07) is 5.51. The molecule has 18 heavy (non-hydrogen) atoms. The zero-order valence-electron chi connectivity index (χ0n) is 10.8. The molecule has 0 aliphatic rings. The fourth-order valence-electron chi connectivity index (χ4n) is 1.73. The minimum atomic E-state index is -0.323. The number of rotatable bonds is 6. The second-order valence-electron chi connectivity index (χ2n) is 4.48. The van der Waals surface area contributed by atoms with Crippen molar-refractivity contribution in [3.05, 3.63) is 33.8 Å². The second-order valence-corrected chi connectivity index (χ2v) is 5.33. The van der Waals surface area contributed by atoms with Gasteiger partial charge in [-0.25, -0.2) is 4.79 Å². The summed E-state index contributed by atoms with van der Waals surface area (Å²) in [6.07, 6.45) is 2.96. The summed E-state index contributed by atoms with van der Waals surface area (Å²) in [5, 5.41) is 8.95. The third-order valence-corrected chi connectivity index (χ3v) is 3.67. The molecule has 0 bridgehead atoms. The number of aliphatic hydroxyl groups is 1. The average Bonchev–Trinajstić information content (AvgIpc) is 2.39. The van der Waals surface area contributed by atoms with E-state index in [1.54, 1.807) is 12.1 Å². The number of halogens is 1. The molecule has 1 aromatic carbocycles. The minimum Gasteiger partial charge on any atom is -0.465 e. The maximum Gasteiger partial charge on any atom is 0.337 e. The van der Waals surface area contributed by atoms with Crippen LogP contribution in [0.25, 0.3) is 0 Å². The maximum absolute atomic E-state index is 11.3. The Morgan fingerprint density at radius 2 is 2.22 bits per heavy atom. The van der Waals surface area contributed by atoms with E-state index in [2.05, 4.69) is 20.7 Å². The van der Waals surface area contributed by atoms with Gasteiger partial charge in [-0.2, -0.15) is 0 Å². The Labute approximate surface area is 116 Å². The lowest BCUT2D eigenvalue weighted by atomic mass is 10.0. The highest BCUT2D eigenvalue weighted by Gasteiger charge is 2.08. The largest absolute Gasteiger partial charge is 0.465 e. The van der Waals surface area contributed by atoms with Crippen LogP contribution < -0.4 is 0 Å². The first-order valence-electron chi connectivity index (χ1n) is 6.06. The fraction of sp³-hybridized carbons (Fsp3) is 0.500. The summed E-state index contributed by atoms with van der Waals surface area (Å²) >= 11 is 3.47. The van der Waals surface area contributed by atoms with Gasteiger partial charge < -0.3 is 9.84 Å². The van der Waals surface area contributed by atoms with Crippen LogP contribution in [0.15, 0.2) is 22.7 Å². The van der Waals surface area contributed by atoms with Crippen LogP contribution in [0.3, 0.4) is 0 Å². The Balaban J connectivity index is 2.60. The second kappa shape index (κ2) is 7.54. The minimum absolute atomic E-state index is 0.239. The molecule has 0 spiro atoms. The number of methoxy groups -OCH3 is 1. The molecule has 3 nitrogen and oxygen atoms in total. The van der Waals surface area contributed by atoms with Crippen molar-refractivity contribution in [2.24, 2.45) is 5.92 Å². The molecule has 4 heteroatoms. The van der Waals surface area contributed by atoms with Gasteiger partial charge in [-0.05, 0) is 42.9 Å². The predicted octanol–water partition coefficient (Wildman–Crippen LogP) is 3.19. The maximum atomic E-state index is 11.3. The van der Waals surface area contributed by atoms with Crippen molar-refractivity contribution in [3.8, 4) is 0 Å². The number of ether oxygens (including phenoxy) is 1. The Kier molecular flexibility index (Phi) is 6.36. The highest BCUT2D eigenvalue weighted by Crippen LogP contribution is 2.21.